The number of aromatic nitrogens is 6. The molecule has 3 N–H and O–H groups in total. The number of imidazole rings is 1. The van der Waals surface area contributed by atoms with Crippen LogP contribution < -0.4 is 15.8 Å². The van der Waals surface area contributed by atoms with Gasteiger partial charge in [-0.2, -0.15) is 5.10 Å². The van der Waals surface area contributed by atoms with Gasteiger partial charge in [0.05, 0.1) is 35.9 Å². The minimum atomic E-state index is -2.83. The average molecular weight is 741 g/mol. The van der Waals surface area contributed by atoms with Crippen molar-refractivity contribution in [2.24, 2.45) is 0 Å². The molecule has 5 heterocycles. The van der Waals surface area contributed by atoms with Gasteiger partial charge in [0, 0.05) is 29.8 Å². The Morgan fingerprint density at radius 2 is 1.80 bits per heavy atom. The Balaban J connectivity index is 1.04. The third-order valence-corrected chi connectivity index (χ3v) is 9.84. The van der Waals surface area contributed by atoms with E-state index in [0.29, 0.717) is 66.6 Å². The Morgan fingerprint density at radius 3 is 2.58 bits per heavy atom. The van der Waals surface area contributed by atoms with Gasteiger partial charge in [0.1, 0.15) is 23.7 Å². The molecule has 0 radical (unpaired) electrons. The van der Waals surface area contributed by atoms with E-state index < -0.39 is 12.7 Å². The van der Waals surface area contributed by atoms with Gasteiger partial charge in [-0.05, 0) is 84.1 Å². The number of carbonyl (C=O) groups excluding carboxylic acids is 1. The zero-order valence-electron chi connectivity index (χ0n) is 29.3. The van der Waals surface area contributed by atoms with Crippen molar-refractivity contribution in [3.8, 4) is 28.6 Å². The predicted molar refractivity (Wildman–Crippen MR) is 199 cm³/mol. The highest BCUT2D eigenvalue weighted by molar-refractivity contribution is 5.95. The first-order chi connectivity index (χ1) is 26.9. The maximum Gasteiger partial charge on any atom is 0.266 e. The lowest BCUT2D eigenvalue weighted by atomic mass is 10.1. The minimum Gasteiger partial charge on any atom is -0.488 e. The van der Waals surface area contributed by atoms with Gasteiger partial charge < -0.3 is 25.3 Å². The predicted octanol–water partition coefficient (Wildman–Crippen LogP) is 7.23. The number of carbonyl (C=O) groups is 1. The first-order valence-electron chi connectivity index (χ1n) is 17.8. The molecular weight excluding hydrogens is 706 g/mol. The van der Waals surface area contributed by atoms with Crippen LogP contribution in [0.15, 0.2) is 110 Å². The van der Waals surface area contributed by atoms with Gasteiger partial charge in [-0.3, -0.25) is 9.36 Å². The zero-order valence-corrected chi connectivity index (χ0v) is 29.3. The third kappa shape index (κ3) is 6.55. The highest BCUT2D eigenvalue weighted by Gasteiger charge is 2.29. The summed E-state index contributed by atoms with van der Waals surface area (Å²) in [4.78, 5) is 27.5. The summed E-state index contributed by atoms with van der Waals surface area (Å²) >= 11 is 0. The zero-order chi connectivity index (χ0) is 37.5. The second-order valence-corrected chi connectivity index (χ2v) is 13.2. The first-order valence-corrected chi connectivity index (χ1v) is 17.8. The highest BCUT2D eigenvalue weighted by atomic mass is 19.3. The molecule has 4 aromatic heterocycles. The van der Waals surface area contributed by atoms with E-state index in [1.54, 1.807) is 59.6 Å². The van der Waals surface area contributed by atoms with Gasteiger partial charge in [0.25, 0.3) is 12.3 Å². The van der Waals surface area contributed by atoms with Gasteiger partial charge in [0.15, 0.2) is 23.6 Å². The Labute approximate surface area is 313 Å². The van der Waals surface area contributed by atoms with E-state index in [-0.39, 0.29) is 40.3 Å². The van der Waals surface area contributed by atoms with E-state index in [2.05, 4.69) is 15.4 Å². The van der Waals surface area contributed by atoms with E-state index in [4.69, 9.17) is 29.9 Å². The monoisotopic (exact) mass is 740 g/mol. The molecule has 2 aliphatic rings. The summed E-state index contributed by atoms with van der Waals surface area (Å²) in [5, 5.41) is 7.43. The fraction of sp³-hybridized carbons (Fsp3) is 0.195. The Morgan fingerprint density at radius 1 is 0.945 bits per heavy atom. The molecule has 0 saturated carbocycles. The fourth-order valence-electron chi connectivity index (χ4n) is 7.19. The summed E-state index contributed by atoms with van der Waals surface area (Å²) in [6, 6.07) is 27.1. The number of halogens is 2. The van der Waals surface area contributed by atoms with Crippen LogP contribution in [-0.2, 0) is 22.5 Å². The number of nitrogens with two attached hydrogens (primary N) is 1. The third-order valence-electron chi connectivity index (χ3n) is 9.84. The molecule has 276 valence electrons. The first kappa shape index (κ1) is 34.3. The SMILES string of the molecule is Nc1ncccc1-c1nc2c(C(F)F)cc(-n3cccn3)nc2n1-c1ccc2c(c1)CC[C@@H]2NC(=O)c1ccc(OCc2ccccc2)c(C2OCCO2)c1. The van der Waals surface area contributed by atoms with Crippen molar-refractivity contribution in [2.45, 2.75) is 38.2 Å². The maximum absolute atomic E-state index is 14.6. The lowest BCUT2D eigenvalue weighted by molar-refractivity contribution is -0.0459. The number of alkyl halides is 2. The summed E-state index contributed by atoms with van der Waals surface area (Å²) in [5.74, 6) is 1.06. The number of hydrogen-bond donors (Lipinski definition) is 2. The van der Waals surface area contributed by atoms with Crippen molar-refractivity contribution in [1.29, 1.82) is 0 Å². The van der Waals surface area contributed by atoms with E-state index in [1.165, 1.54) is 10.7 Å². The number of pyridine rings is 2. The Kier molecular flexibility index (Phi) is 8.96. The number of aryl methyl sites for hydroxylation is 1. The molecule has 3 aromatic carbocycles. The summed E-state index contributed by atoms with van der Waals surface area (Å²) in [5.41, 5.74) is 11.4. The van der Waals surface area contributed by atoms with Crippen LogP contribution in [0.4, 0.5) is 14.6 Å². The molecule has 12 nitrogen and oxygen atoms in total. The van der Waals surface area contributed by atoms with Crippen molar-refractivity contribution in [3.05, 3.63) is 143 Å². The van der Waals surface area contributed by atoms with E-state index in [9.17, 15) is 13.6 Å². The molecule has 14 heteroatoms. The molecule has 0 bridgehead atoms. The topological polar surface area (TPSA) is 144 Å². The molecule has 9 rings (SSSR count). The fourth-order valence-corrected chi connectivity index (χ4v) is 7.19. The van der Waals surface area contributed by atoms with Crippen LogP contribution in [0.2, 0.25) is 0 Å². The van der Waals surface area contributed by atoms with Crippen LogP contribution in [0.1, 0.15) is 63.4 Å². The van der Waals surface area contributed by atoms with Gasteiger partial charge in [-0.15, -0.1) is 0 Å². The van der Waals surface area contributed by atoms with Crippen molar-refractivity contribution >= 4 is 22.9 Å². The second-order valence-electron chi connectivity index (χ2n) is 13.2. The Bertz CT molecular complexity index is 2520. The summed E-state index contributed by atoms with van der Waals surface area (Å²) in [6.07, 6.45) is 2.60. The number of nitrogens with zero attached hydrogens (tertiary/aromatic N) is 6. The second kappa shape index (κ2) is 14.4. The lowest BCUT2D eigenvalue weighted by Gasteiger charge is -2.19. The van der Waals surface area contributed by atoms with Crippen LogP contribution >= 0.6 is 0 Å². The molecule has 0 unspecified atom stereocenters. The lowest BCUT2D eigenvalue weighted by Crippen LogP contribution is -2.27. The number of benzene rings is 3. The smallest absolute Gasteiger partial charge is 0.266 e. The normalized spacial score (nSPS) is 15.5. The number of fused-ring (bicyclic) bond motifs is 2. The molecule has 1 fully saturated rings. The quantitative estimate of drug-likeness (QED) is 0.148. The van der Waals surface area contributed by atoms with E-state index in [1.807, 2.05) is 48.5 Å². The summed E-state index contributed by atoms with van der Waals surface area (Å²) in [7, 11) is 0. The maximum atomic E-state index is 14.6. The van der Waals surface area contributed by atoms with Crippen molar-refractivity contribution < 1.29 is 27.8 Å². The molecule has 1 aliphatic carbocycles. The standard InChI is InChI=1S/C41H34F2N8O4/c42-36(43)31-22-34(50-17-5-16-46-50)48-39-35(31)49-38(29-8-4-15-45-37(29)44)51(39)27-11-12-28-25(20-27)9-13-32(28)47-40(52)26-10-14-33(30(21-26)41-53-18-19-54-41)55-23-24-6-2-1-3-7-24/h1-8,10-12,14-17,20-22,32,36,41H,9,13,18-19,23H2,(H2,44,45)(H,47,52)/t32-/m0/s1. The molecular formula is C41H34F2N8O4. The largest absolute Gasteiger partial charge is 0.488 e. The van der Waals surface area contributed by atoms with Crippen molar-refractivity contribution in [3.63, 3.8) is 0 Å². The molecule has 0 spiro atoms. The number of nitrogens with one attached hydrogen (secondary N) is 1. The van der Waals surface area contributed by atoms with Crippen molar-refractivity contribution in [1.82, 2.24) is 34.6 Å². The van der Waals surface area contributed by atoms with E-state index in [0.717, 1.165) is 16.7 Å². The van der Waals surface area contributed by atoms with Gasteiger partial charge in [-0.1, -0.05) is 36.4 Å². The minimum absolute atomic E-state index is 0.0408. The van der Waals surface area contributed by atoms with Crippen LogP contribution in [0.25, 0.3) is 34.1 Å². The number of anilines is 1. The van der Waals surface area contributed by atoms with E-state index >= 15 is 0 Å². The van der Waals surface area contributed by atoms with Crippen LogP contribution in [-0.4, -0.2) is 48.4 Å². The number of nitrogen functional groups attached to an aromatic ring is 1. The van der Waals surface area contributed by atoms with Crippen LogP contribution in [0.3, 0.4) is 0 Å². The highest BCUT2D eigenvalue weighted by Crippen LogP contribution is 2.39. The molecule has 55 heavy (non-hydrogen) atoms. The molecule has 1 amide bonds. The average Bonchev–Trinajstić information content (AvgIpc) is 4.05. The summed E-state index contributed by atoms with van der Waals surface area (Å²) < 4.78 is 50.1. The molecule has 1 atom stereocenters. The van der Waals surface area contributed by atoms with Crippen LogP contribution in [0.5, 0.6) is 5.75 Å². The number of rotatable bonds is 10. The number of amides is 1. The Hall–Kier alpha value is -6.51. The molecule has 7 aromatic rings. The summed E-state index contributed by atoms with van der Waals surface area (Å²) in [6.45, 7) is 1.25. The van der Waals surface area contributed by atoms with Gasteiger partial charge in [-0.25, -0.2) is 28.4 Å². The van der Waals surface area contributed by atoms with Crippen LogP contribution in [0, 0.1) is 0 Å². The molecule has 1 saturated heterocycles. The molecule has 1 aliphatic heterocycles. The van der Waals surface area contributed by atoms with Crippen molar-refractivity contribution in [2.75, 3.05) is 18.9 Å². The van der Waals surface area contributed by atoms with Gasteiger partial charge in [0.2, 0.25) is 0 Å². The number of ether oxygens (including phenoxy) is 3. The number of hydrogen-bond acceptors (Lipinski definition) is 9. The van der Waals surface area contributed by atoms with Gasteiger partial charge >= 0.3 is 0 Å².